The lowest BCUT2D eigenvalue weighted by atomic mass is 10.1. The van der Waals surface area contributed by atoms with Crippen LogP contribution in [0.25, 0.3) is 0 Å². The van der Waals surface area contributed by atoms with Crippen molar-refractivity contribution in [3.63, 3.8) is 0 Å². The van der Waals surface area contributed by atoms with Crippen LogP contribution < -0.4 is 0 Å². The van der Waals surface area contributed by atoms with Crippen molar-refractivity contribution >= 4 is 45.9 Å². The Morgan fingerprint density at radius 3 is 2.37 bits per heavy atom. The number of nitrogens with zero attached hydrogens (tertiary/aromatic N) is 1. The van der Waals surface area contributed by atoms with Crippen LogP contribution in [0, 0.1) is 3.57 Å². The average molecular weight is 392 g/mol. The highest BCUT2D eigenvalue weighted by atomic mass is 127. The van der Waals surface area contributed by atoms with E-state index in [2.05, 4.69) is 35.7 Å². The number of ketones is 1. The normalized spacial score (nSPS) is 14.6. The molecule has 0 radical (unpaired) electrons. The van der Waals surface area contributed by atoms with Crippen LogP contribution in [-0.4, -0.2) is 29.7 Å². The summed E-state index contributed by atoms with van der Waals surface area (Å²) in [6, 6.07) is 5.23. The highest BCUT2D eigenvalue weighted by molar-refractivity contribution is 14.1. The van der Waals surface area contributed by atoms with Gasteiger partial charge in [-0.1, -0.05) is 11.6 Å². The number of hydrogen-bond donors (Lipinski definition) is 0. The molecule has 1 heterocycles. The van der Waals surface area contributed by atoms with Crippen LogP contribution in [0.15, 0.2) is 31.4 Å². The molecule has 102 valence electrons. The predicted octanol–water partition coefficient (Wildman–Crippen LogP) is 3.55. The summed E-state index contributed by atoms with van der Waals surface area (Å²) in [4.78, 5) is 25.0. The first-order valence-corrected chi connectivity index (χ1v) is 7.29. The van der Waals surface area contributed by atoms with Crippen LogP contribution in [0.1, 0.15) is 23.2 Å². The Morgan fingerprint density at radius 1 is 1.26 bits per heavy atom. The zero-order valence-electron chi connectivity index (χ0n) is 10.5. The maximum Gasteiger partial charge on any atom is 0.253 e. The van der Waals surface area contributed by atoms with Crippen LogP contribution in [0.4, 0.5) is 0 Å². The van der Waals surface area contributed by atoms with E-state index >= 15 is 0 Å². The summed E-state index contributed by atoms with van der Waals surface area (Å²) in [5.74, 6) is 0.215. The lowest BCUT2D eigenvalue weighted by Crippen LogP contribution is -2.38. The van der Waals surface area contributed by atoms with E-state index < -0.39 is 0 Å². The summed E-state index contributed by atoms with van der Waals surface area (Å²) >= 11 is 8.01. The van der Waals surface area contributed by atoms with Gasteiger partial charge in [0, 0.05) is 35.1 Å². The second kappa shape index (κ2) is 7.65. The van der Waals surface area contributed by atoms with E-state index in [1.807, 2.05) is 0 Å². The minimum atomic E-state index is -0.0212. The van der Waals surface area contributed by atoms with Crippen LogP contribution in [-0.2, 0) is 4.79 Å². The first kappa shape index (κ1) is 16.2. The molecule has 0 N–H and O–H groups in total. The number of carbonyl (C=O) groups is 2. The minimum Gasteiger partial charge on any atom is -0.338 e. The fraction of sp³-hybridized carbons (Fsp3) is 0.286. The van der Waals surface area contributed by atoms with Crippen molar-refractivity contribution in [2.75, 3.05) is 13.1 Å². The SMILES string of the molecule is C=C.O=C1CCN(C(=O)c2ccc(Cl)c(I)c2)CC1. The maximum atomic E-state index is 12.1. The molecule has 0 unspecified atom stereocenters. The second-order valence-electron chi connectivity index (χ2n) is 3.96. The molecule has 2 rings (SSSR count). The van der Waals surface area contributed by atoms with Gasteiger partial charge in [0.25, 0.3) is 5.91 Å². The Labute approximate surface area is 131 Å². The largest absolute Gasteiger partial charge is 0.338 e. The van der Waals surface area contributed by atoms with Crippen molar-refractivity contribution in [3.05, 3.63) is 45.5 Å². The maximum absolute atomic E-state index is 12.1. The molecule has 1 aromatic carbocycles. The number of benzene rings is 1. The van der Waals surface area contributed by atoms with Gasteiger partial charge in [0.05, 0.1) is 5.02 Å². The molecular weight excluding hydrogens is 377 g/mol. The van der Waals surface area contributed by atoms with Gasteiger partial charge in [0.2, 0.25) is 0 Å². The first-order chi connectivity index (χ1) is 9.08. The van der Waals surface area contributed by atoms with E-state index in [-0.39, 0.29) is 11.7 Å². The smallest absolute Gasteiger partial charge is 0.253 e. The number of rotatable bonds is 1. The minimum absolute atomic E-state index is 0.0212. The first-order valence-electron chi connectivity index (χ1n) is 5.84. The summed E-state index contributed by atoms with van der Waals surface area (Å²) in [7, 11) is 0. The third-order valence-electron chi connectivity index (χ3n) is 2.77. The zero-order chi connectivity index (χ0) is 14.4. The molecule has 3 nitrogen and oxygen atoms in total. The van der Waals surface area contributed by atoms with E-state index in [1.54, 1.807) is 23.1 Å². The molecule has 19 heavy (non-hydrogen) atoms. The van der Waals surface area contributed by atoms with Gasteiger partial charge in [-0.15, -0.1) is 13.2 Å². The van der Waals surface area contributed by atoms with Crippen molar-refractivity contribution in [3.8, 4) is 0 Å². The van der Waals surface area contributed by atoms with Crippen molar-refractivity contribution < 1.29 is 9.59 Å². The molecule has 0 aromatic heterocycles. The van der Waals surface area contributed by atoms with Crippen molar-refractivity contribution in [1.29, 1.82) is 0 Å². The van der Waals surface area contributed by atoms with Gasteiger partial charge < -0.3 is 4.90 Å². The molecule has 1 aliphatic heterocycles. The predicted molar refractivity (Wildman–Crippen MR) is 85.6 cm³/mol. The molecule has 5 heteroatoms. The molecule has 1 fully saturated rings. The second-order valence-corrected chi connectivity index (χ2v) is 5.53. The van der Waals surface area contributed by atoms with E-state index in [0.29, 0.717) is 36.5 Å². The number of hydrogen-bond acceptors (Lipinski definition) is 2. The van der Waals surface area contributed by atoms with Gasteiger partial charge in [-0.25, -0.2) is 0 Å². The molecule has 1 aromatic rings. The summed E-state index contributed by atoms with van der Waals surface area (Å²) in [6.07, 6.45) is 0.937. The van der Waals surface area contributed by atoms with Crippen LogP contribution >= 0.6 is 34.2 Å². The molecule has 1 saturated heterocycles. The zero-order valence-corrected chi connectivity index (χ0v) is 13.4. The van der Waals surface area contributed by atoms with Gasteiger partial charge in [-0.2, -0.15) is 0 Å². The van der Waals surface area contributed by atoms with Gasteiger partial charge in [0.15, 0.2) is 0 Å². The van der Waals surface area contributed by atoms with Crippen LogP contribution in [0.2, 0.25) is 5.02 Å². The Morgan fingerprint density at radius 2 is 1.84 bits per heavy atom. The number of halogens is 2. The summed E-state index contributed by atoms with van der Waals surface area (Å²) in [5.41, 5.74) is 0.633. The van der Waals surface area contributed by atoms with Gasteiger partial charge in [0.1, 0.15) is 5.78 Å². The Hall–Kier alpha value is -0.880. The van der Waals surface area contributed by atoms with E-state index in [4.69, 9.17) is 11.6 Å². The molecule has 1 amide bonds. The Bertz CT molecular complexity index is 480. The highest BCUT2D eigenvalue weighted by Crippen LogP contribution is 2.21. The standard InChI is InChI=1S/C12H11ClINO2.C2H4/c13-10-2-1-8(7-11(10)14)12(17)15-5-3-9(16)4-6-15;1-2/h1-2,7H,3-6H2;1-2H2. The van der Waals surface area contributed by atoms with Crippen molar-refractivity contribution in [1.82, 2.24) is 4.90 Å². The molecule has 0 atom stereocenters. The number of Topliss-reactive ketones (excluding diaryl/α,β-unsaturated/α-hetero) is 1. The molecule has 0 aliphatic carbocycles. The number of likely N-dealkylation sites (tertiary alicyclic amines) is 1. The lowest BCUT2D eigenvalue weighted by Gasteiger charge is -2.26. The fourth-order valence-electron chi connectivity index (χ4n) is 1.77. The quantitative estimate of drug-likeness (QED) is 0.542. The topological polar surface area (TPSA) is 37.4 Å². The monoisotopic (exact) mass is 391 g/mol. The highest BCUT2D eigenvalue weighted by Gasteiger charge is 2.22. The Kier molecular flexibility index (Phi) is 6.51. The van der Waals surface area contributed by atoms with Crippen molar-refractivity contribution in [2.24, 2.45) is 0 Å². The molecule has 1 aliphatic rings. The van der Waals surface area contributed by atoms with Gasteiger partial charge >= 0.3 is 0 Å². The van der Waals surface area contributed by atoms with Crippen LogP contribution in [0.3, 0.4) is 0 Å². The molecule has 0 saturated carbocycles. The molecule has 0 bridgehead atoms. The van der Waals surface area contributed by atoms with Crippen molar-refractivity contribution in [2.45, 2.75) is 12.8 Å². The van der Waals surface area contributed by atoms with Crippen LogP contribution in [0.5, 0.6) is 0 Å². The summed E-state index contributed by atoms with van der Waals surface area (Å²) in [5, 5.41) is 0.649. The fourth-order valence-corrected chi connectivity index (χ4v) is 2.40. The van der Waals surface area contributed by atoms with Gasteiger partial charge in [-0.3, -0.25) is 9.59 Å². The van der Waals surface area contributed by atoms with E-state index in [0.717, 1.165) is 3.57 Å². The molecule has 0 spiro atoms. The number of carbonyl (C=O) groups excluding carboxylic acids is 2. The third kappa shape index (κ3) is 4.31. The number of amides is 1. The summed E-state index contributed by atoms with van der Waals surface area (Å²) < 4.78 is 0.864. The summed E-state index contributed by atoms with van der Waals surface area (Å²) in [6.45, 7) is 7.05. The van der Waals surface area contributed by atoms with E-state index in [1.165, 1.54) is 0 Å². The third-order valence-corrected chi connectivity index (χ3v) is 4.32. The number of piperidine rings is 1. The van der Waals surface area contributed by atoms with E-state index in [9.17, 15) is 9.59 Å². The average Bonchev–Trinajstić information content (AvgIpc) is 2.44. The Balaban J connectivity index is 0.000000861. The molecular formula is C14H15ClINO2. The van der Waals surface area contributed by atoms with Gasteiger partial charge in [-0.05, 0) is 40.8 Å². The lowest BCUT2D eigenvalue weighted by molar-refractivity contribution is -0.120.